The van der Waals surface area contributed by atoms with Crippen LogP contribution in [0.5, 0.6) is 0 Å². The van der Waals surface area contributed by atoms with Crippen molar-refractivity contribution < 1.29 is 4.79 Å². The molecule has 0 bridgehead atoms. The molecule has 1 fully saturated rings. The Balaban J connectivity index is 1.77. The van der Waals surface area contributed by atoms with Crippen LogP contribution in [0.2, 0.25) is 0 Å². The lowest BCUT2D eigenvalue weighted by Gasteiger charge is -2.34. The van der Waals surface area contributed by atoms with E-state index in [9.17, 15) is 4.79 Å². The number of rotatable bonds is 5. The minimum atomic E-state index is 0.155. The molecule has 1 aromatic carbocycles. The number of likely N-dealkylation sites (tertiary alicyclic amines) is 1. The van der Waals surface area contributed by atoms with Crippen molar-refractivity contribution in [3.8, 4) is 11.4 Å². The molecule has 1 atom stereocenters. The van der Waals surface area contributed by atoms with Crippen LogP contribution < -0.4 is 0 Å². The van der Waals surface area contributed by atoms with Crippen LogP contribution >= 0.6 is 0 Å². The van der Waals surface area contributed by atoms with Crippen LogP contribution in [0.15, 0.2) is 36.5 Å². The van der Waals surface area contributed by atoms with E-state index in [4.69, 9.17) is 4.98 Å². The van der Waals surface area contributed by atoms with Gasteiger partial charge in [-0.3, -0.25) is 4.79 Å². The van der Waals surface area contributed by atoms with Crippen LogP contribution in [0, 0.1) is 12.8 Å². The Labute approximate surface area is 156 Å². The molecule has 0 radical (unpaired) electrons. The molecule has 0 unspecified atom stereocenters. The van der Waals surface area contributed by atoms with Gasteiger partial charge in [0.2, 0.25) is 5.91 Å². The minimum absolute atomic E-state index is 0.155. The van der Waals surface area contributed by atoms with Gasteiger partial charge in [-0.05, 0) is 38.7 Å². The number of piperidine rings is 1. The third-order valence-electron chi connectivity index (χ3n) is 5.47. The Bertz CT molecular complexity index is 737. The molecule has 0 spiro atoms. The third-order valence-corrected chi connectivity index (χ3v) is 5.47. The van der Waals surface area contributed by atoms with Gasteiger partial charge in [0, 0.05) is 42.4 Å². The van der Waals surface area contributed by atoms with Crippen molar-refractivity contribution >= 4 is 5.91 Å². The van der Waals surface area contributed by atoms with E-state index < -0.39 is 0 Å². The summed E-state index contributed by atoms with van der Waals surface area (Å²) in [6.07, 6.45) is 5.81. The first kappa shape index (κ1) is 18.6. The van der Waals surface area contributed by atoms with E-state index >= 15 is 0 Å². The standard InChI is InChI=1S/C22H29N3O/c1-4-17(5-2)22(26)25-14-6-7-19(15-25)20-12-13-23-21(24-20)18-10-8-16(3)9-11-18/h8-13,17,19H,4-7,14-15H2,1-3H3/t19-/m1/s1. The highest BCUT2D eigenvalue weighted by atomic mass is 16.2. The summed E-state index contributed by atoms with van der Waals surface area (Å²) in [6.45, 7) is 7.94. The summed E-state index contributed by atoms with van der Waals surface area (Å²) in [4.78, 5) is 24.1. The van der Waals surface area contributed by atoms with Crippen LogP contribution in [0.3, 0.4) is 0 Å². The van der Waals surface area contributed by atoms with E-state index in [1.165, 1.54) is 5.56 Å². The predicted molar refractivity (Wildman–Crippen MR) is 105 cm³/mol. The van der Waals surface area contributed by atoms with Crippen molar-refractivity contribution in [3.63, 3.8) is 0 Å². The van der Waals surface area contributed by atoms with E-state index in [-0.39, 0.29) is 5.92 Å². The maximum atomic E-state index is 12.8. The van der Waals surface area contributed by atoms with Gasteiger partial charge < -0.3 is 4.90 Å². The van der Waals surface area contributed by atoms with Gasteiger partial charge in [-0.1, -0.05) is 43.7 Å². The predicted octanol–water partition coefficient (Wildman–Crippen LogP) is 4.59. The maximum absolute atomic E-state index is 12.8. The molecule has 0 N–H and O–H groups in total. The minimum Gasteiger partial charge on any atom is -0.342 e. The van der Waals surface area contributed by atoms with Gasteiger partial charge >= 0.3 is 0 Å². The second kappa shape index (κ2) is 8.43. The lowest BCUT2D eigenvalue weighted by atomic mass is 9.92. The smallest absolute Gasteiger partial charge is 0.225 e. The molecule has 1 aliphatic rings. The number of hydrogen-bond donors (Lipinski definition) is 0. The van der Waals surface area contributed by atoms with Crippen molar-refractivity contribution in [1.82, 2.24) is 14.9 Å². The first-order valence-electron chi connectivity index (χ1n) is 9.81. The molecule has 1 saturated heterocycles. The molecule has 1 amide bonds. The fourth-order valence-corrected chi connectivity index (χ4v) is 3.76. The first-order valence-corrected chi connectivity index (χ1v) is 9.81. The summed E-state index contributed by atoms with van der Waals surface area (Å²) in [5.41, 5.74) is 3.32. The second-order valence-electron chi connectivity index (χ2n) is 7.31. The Kier molecular flexibility index (Phi) is 6.02. The largest absolute Gasteiger partial charge is 0.342 e. The number of amides is 1. The van der Waals surface area contributed by atoms with Gasteiger partial charge in [0.15, 0.2) is 5.82 Å². The first-order chi connectivity index (χ1) is 12.6. The summed E-state index contributed by atoms with van der Waals surface area (Å²) in [5, 5.41) is 0. The van der Waals surface area contributed by atoms with Crippen molar-refractivity contribution in [1.29, 1.82) is 0 Å². The van der Waals surface area contributed by atoms with Crippen molar-refractivity contribution in [2.45, 2.75) is 52.4 Å². The summed E-state index contributed by atoms with van der Waals surface area (Å²) >= 11 is 0. The number of carbonyl (C=O) groups is 1. The molecule has 2 aromatic rings. The average Bonchev–Trinajstić information content (AvgIpc) is 2.69. The molecule has 4 nitrogen and oxygen atoms in total. The van der Waals surface area contributed by atoms with E-state index in [1.54, 1.807) is 0 Å². The number of hydrogen-bond acceptors (Lipinski definition) is 3. The van der Waals surface area contributed by atoms with E-state index in [0.29, 0.717) is 11.8 Å². The van der Waals surface area contributed by atoms with E-state index in [2.05, 4.69) is 54.9 Å². The molecule has 3 rings (SSSR count). The van der Waals surface area contributed by atoms with Crippen LogP contribution in [0.4, 0.5) is 0 Å². The summed E-state index contributed by atoms with van der Waals surface area (Å²) < 4.78 is 0. The number of benzene rings is 1. The second-order valence-corrected chi connectivity index (χ2v) is 7.31. The molecule has 1 aliphatic heterocycles. The van der Waals surface area contributed by atoms with Crippen LogP contribution in [0.25, 0.3) is 11.4 Å². The number of carbonyl (C=O) groups excluding carboxylic acids is 1. The highest BCUT2D eigenvalue weighted by molar-refractivity contribution is 5.79. The zero-order valence-electron chi connectivity index (χ0n) is 16.1. The topological polar surface area (TPSA) is 46.1 Å². The fraction of sp³-hybridized carbons (Fsp3) is 0.500. The monoisotopic (exact) mass is 351 g/mol. The molecule has 1 aromatic heterocycles. The maximum Gasteiger partial charge on any atom is 0.225 e. The Morgan fingerprint density at radius 3 is 2.62 bits per heavy atom. The Morgan fingerprint density at radius 2 is 1.92 bits per heavy atom. The Morgan fingerprint density at radius 1 is 1.19 bits per heavy atom. The SMILES string of the molecule is CCC(CC)C(=O)N1CCC[C@@H](c2ccnc(-c3ccc(C)cc3)n2)C1. The molecular formula is C22H29N3O. The number of aryl methyl sites for hydroxylation is 1. The van der Waals surface area contributed by atoms with Crippen molar-refractivity contribution in [2.24, 2.45) is 5.92 Å². The van der Waals surface area contributed by atoms with Crippen molar-refractivity contribution in [3.05, 3.63) is 47.8 Å². The number of nitrogens with zero attached hydrogens (tertiary/aromatic N) is 3. The molecule has 2 heterocycles. The zero-order valence-corrected chi connectivity index (χ0v) is 16.1. The normalized spacial score (nSPS) is 17.5. The fourth-order valence-electron chi connectivity index (χ4n) is 3.76. The molecular weight excluding hydrogens is 322 g/mol. The molecule has 138 valence electrons. The van der Waals surface area contributed by atoms with Crippen LogP contribution in [-0.4, -0.2) is 33.9 Å². The van der Waals surface area contributed by atoms with Gasteiger partial charge in [-0.15, -0.1) is 0 Å². The molecule has 4 heteroatoms. The quantitative estimate of drug-likeness (QED) is 0.791. The van der Waals surface area contributed by atoms with Crippen LogP contribution in [-0.2, 0) is 4.79 Å². The van der Waals surface area contributed by atoms with Gasteiger partial charge in [-0.2, -0.15) is 0 Å². The highest BCUT2D eigenvalue weighted by Gasteiger charge is 2.28. The summed E-state index contributed by atoms with van der Waals surface area (Å²) in [6, 6.07) is 10.3. The summed E-state index contributed by atoms with van der Waals surface area (Å²) in [7, 11) is 0. The third kappa shape index (κ3) is 4.12. The van der Waals surface area contributed by atoms with Gasteiger partial charge in [0.05, 0.1) is 0 Å². The number of aromatic nitrogens is 2. The molecule has 26 heavy (non-hydrogen) atoms. The molecule has 0 aliphatic carbocycles. The van der Waals surface area contributed by atoms with E-state index in [0.717, 1.165) is 55.9 Å². The molecule has 0 saturated carbocycles. The lowest BCUT2D eigenvalue weighted by molar-refractivity contribution is -0.137. The zero-order chi connectivity index (χ0) is 18.5. The summed E-state index contributed by atoms with van der Waals surface area (Å²) in [5.74, 6) is 1.54. The van der Waals surface area contributed by atoms with Gasteiger partial charge in [0.1, 0.15) is 0 Å². The van der Waals surface area contributed by atoms with Crippen LogP contribution in [0.1, 0.15) is 56.7 Å². The van der Waals surface area contributed by atoms with Gasteiger partial charge in [0.25, 0.3) is 0 Å². The van der Waals surface area contributed by atoms with Gasteiger partial charge in [-0.25, -0.2) is 9.97 Å². The van der Waals surface area contributed by atoms with Crippen molar-refractivity contribution in [2.75, 3.05) is 13.1 Å². The average molecular weight is 351 g/mol. The highest BCUT2D eigenvalue weighted by Crippen LogP contribution is 2.28. The Hall–Kier alpha value is -2.23. The van der Waals surface area contributed by atoms with E-state index in [1.807, 2.05) is 12.3 Å². The lowest BCUT2D eigenvalue weighted by Crippen LogP contribution is -2.42.